The monoisotopic (exact) mass is 212 g/mol. The van der Waals surface area contributed by atoms with Gasteiger partial charge in [-0.05, 0) is 18.9 Å². The topological polar surface area (TPSA) is 38.7 Å². The Kier molecular flexibility index (Phi) is 2.88. The normalized spacial score (nSPS) is 40.0. The lowest BCUT2D eigenvalue weighted by atomic mass is 9.94. The van der Waals surface area contributed by atoms with E-state index >= 15 is 0 Å². The van der Waals surface area contributed by atoms with E-state index in [0.717, 1.165) is 19.3 Å². The van der Waals surface area contributed by atoms with Crippen LogP contribution in [0.2, 0.25) is 0 Å². The molecule has 0 unspecified atom stereocenters. The van der Waals surface area contributed by atoms with Crippen LogP contribution >= 0.6 is 0 Å². The summed E-state index contributed by atoms with van der Waals surface area (Å²) in [5.74, 6) is 0. The van der Waals surface area contributed by atoms with Crippen molar-refractivity contribution in [1.82, 2.24) is 0 Å². The quantitative estimate of drug-likeness (QED) is 0.727. The second kappa shape index (κ2) is 3.89. The third kappa shape index (κ3) is 1.73. The second-order valence-corrected chi connectivity index (χ2v) is 4.70. The van der Waals surface area contributed by atoms with Gasteiger partial charge >= 0.3 is 0 Å². The molecule has 0 bridgehead atoms. The van der Waals surface area contributed by atoms with Crippen LogP contribution in [0.25, 0.3) is 0 Å². The number of hydrogen-bond acceptors (Lipinski definition) is 3. The molecule has 1 fully saturated rings. The number of fused-ring (bicyclic) bond motifs is 1. The maximum absolute atomic E-state index is 10.5. The van der Waals surface area contributed by atoms with E-state index in [1.807, 2.05) is 0 Å². The predicted octanol–water partition coefficient (Wildman–Crippen LogP) is 2.00. The molecule has 0 radical (unpaired) electrons. The Morgan fingerprint density at radius 3 is 2.87 bits per heavy atom. The SMILES string of the molecule is CCCC1=C(C)[C@H]2O[C@H](OC)C[C@@]2(O)C1. The summed E-state index contributed by atoms with van der Waals surface area (Å²) in [6.45, 7) is 4.24. The van der Waals surface area contributed by atoms with E-state index in [2.05, 4.69) is 13.8 Å². The lowest BCUT2D eigenvalue weighted by Gasteiger charge is -2.20. The molecule has 0 aromatic rings. The molecule has 15 heavy (non-hydrogen) atoms. The van der Waals surface area contributed by atoms with Crippen LogP contribution in [-0.4, -0.2) is 30.2 Å². The minimum atomic E-state index is -0.699. The zero-order valence-electron chi connectivity index (χ0n) is 9.75. The fraction of sp³-hybridized carbons (Fsp3) is 0.833. The van der Waals surface area contributed by atoms with Crippen LogP contribution in [0, 0.1) is 0 Å². The first-order valence-corrected chi connectivity index (χ1v) is 5.70. The van der Waals surface area contributed by atoms with E-state index in [1.165, 1.54) is 11.1 Å². The average Bonchev–Trinajstić information content (AvgIpc) is 2.63. The smallest absolute Gasteiger partial charge is 0.161 e. The molecule has 1 aliphatic carbocycles. The van der Waals surface area contributed by atoms with Gasteiger partial charge in [-0.2, -0.15) is 0 Å². The van der Waals surface area contributed by atoms with Gasteiger partial charge in [-0.25, -0.2) is 0 Å². The van der Waals surface area contributed by atoms with Crippen LogP contribution in [0.3, 0.4) is 0 Å². The van der Waals surface area contributed by atoms with Crippen LogP contribution in [-0.2, 0) is 9.47 Å². The molecule has 2 rings (SSSR count). The Balaban J connectivity index is 2.15. The van der Waals surface area contributed by atoms with Crippen molar-refractivity contribution in [3.05, 3.63) is 11.1 Å². The second-order valence-electron chi connectivity index (χ2n) is 4.70. The Hall–Kier alpha value is -0.380. The Labute approximate surface area is 91.1 Å². The third-order valence-corrected chi connectivity index (χ3v) is 3.58. The first-order chi connectivity index (χ1) is 7.10. The van der Waals surface area contributed by atoms with Crippen molar-refractivity contribution in [3.63, 3.8) is 0 Å². The molecule has 0 amide bonds. The summed E-state index contributed by atoms with van der Waals surface area (Å²) < 4.78 is 10.8. The lowest BCUT2D eigenvalue weighted by molar-refractivity contribution is -0.110. The van der Waals surface area contributed by atoms with Gasteiger partial charge in [-0.1, -0.05) is 18.9 Å². The number of methoxy groups -OCH3 is 1. The van der Waals surface area contributed by atoms with Crippen molar-refractivity contribution < 1.29 is 14.6 Å². The maximum atomic E-state index is 10.5. The molecule has 1 aliphatic heterocycles. The minimum absolute atomic E-state index is 0.135. The highest BCUT2D eigenvalue weighted by Gasteiger charge is 2.52. The largest absolute Gasteiger partial charge is 0.386 e. The number of ether oxygens (including phenoxy) is 2. The fourth-order valence-electron chi connectivity index (χ4n) is 2.81. The van der Waals surface area contributed by atoms with Gasteiger partial charge in [0.25, 0.3) is 0 Å². The van der Waals surface area contributed by atoms with Gasteiger partial charge in [-0.15, -0.1) is 0 Å². The van der Waals surface area contributed by atoms with E-state index in [-0.39, 0.29) is 12.4 Å². The first kappa shape index (κ1) is 11.1. The molecule has 3 nitrogen and oxygen atoms in total. The van der Waals surface area contributed by atoms with Gasteiger partial charge in [0.15, 0.2) is 6.29 Å². The average molecular weight is 212 g/mol. The highest BCUT2D eigenvalue weighted by atomic mass is 16.7. The summed E-state index contributed by atoms with van der Waals surface area (Å²) in [5, 5.41) is 10.5. The molecule has 86 valence electrons. The summed E-state index contributed by atoms with van der Waals surface area (Å²) >= 11 is 0. The third-order valence-electron chi connectivity index (χ3n) is 3.58. The van der Waals surface area contributed by atoms with Crippen LogP contribution in [0.5, 0.6) is 0 Å². The minimum Gasteiger partial charge on any atom is -0.386 e. The summed E-state index contributed by atoms with van der Waals surface area (Å²) in [4.78, 5) is 0. The van der Waals surface area contributed by atoms with E-state index in [9.17, 15) is 5.11 Å². The molecular formula is C12H20O3. The van der Waals surface area contributed by atoms with Crippen molar-refractivity contribution in [1.29, 1.82) is 0 Å². The van der Waals surface area contributed by atoms with Crippen LogP contribution in [0.1, 0.15) is 39.5 Å². The van der Waals surface area contributed by atoms with Crippen molar-refractivity contribution in [2.75, 3.05) is 7.11 Å². The summed E-state index contributed by atoms with van der Waals surface area (Å²) in [6.07, 6.45) is 3.19. The molecule has 2 aliphatic rings. The van der Waals surface area contributed by atoms with Crippen molar-refractivity contribution in [3.8, 4) is 0 Å². The van der Waals surface area contributed by atoms with Gasteiger partial charge in [0.05, 0.1) is 0 Å². The van der Waals surface area contributed by atoms with E-state index in [0.29, 0.717) is 6.42 Å². The molecule has 0 aromatic carbocycles. The van der Waals surface area contributed by atoms with Gasteiger partial charge in [-0.3, -0.25) is 0 Å². The zero-order chi connectivity index (χ0) is 11.1. The summed E-state index contributed by atoms with van der Waals surface area (Å²) in [5.41, 5.74) is 1.90. The Morgan fingerprint density at radius 2 is 2.33 bits per heavy atom. The number of rotatable bonds is 3. The summed E-state index contributed by atoms with van der Waals surface area (Å²) in [6, 6.07) is 0. The van der Waals surface area contributed by atoms with Gasteiger partial charge in [0.1, 0.15) is 11.7 Å². The van der Waals surface area contributed by atoms with E-state index in [4.69, 9.17) is 9.47 Å². The van der Waals surface area contributed by atoms with Gasteiger partial charge in [0.2, 0.25) is 0 Å². The van der Waals surface area contributed by atoms with E-state index < -0.39 is 5.60 Å². The van der Waals surface area contributed by atoms with Gasteiger partial charge in [0, 0.05) is 20.0 Å². The highest BCUT2D eigenvalue weighted by Crippen LogP contribution is 2.46. The number of aliphatic hydroxyl groups is 1. The first-order valence-electron chi connectivity index (χ1n) is 5.70. The molecule has 3 atom stereocenters. The van der Waals surface area contributed by atoms with Crippen LogP contribution < -0.4 is 0 Å². The molecule has 0 aromatic heterocycles. The van der Waals surface area contributed by atoms with Crippen molar-refractivity contribution >= 4 is 0 Å². The molecular weight excluding hydrogens is 192 g/mol. The zero-order valence-corrected chi connectivity index (χ0v) is 9.75. The molecule has 0 spiro atoms. The lowest BCUT2D eigenvalue weighted by Crippen LogP contribution is -2.34. The van der Waals surface area contributed by atoms with Crippen molar-refractivity contribution in [2.45, 2.75) is 57.5 Å². The highest BCUT2D eigenvalue weighted by molar-refractivity contribution is 5.31. The predicted molar refractivity (Wildman–Crippen MR) is 57.5 cm³/mol. The Morgan fingerprint density at radius 1 is 1.60 bits per heavy atom. The van der Waals surface area contributed by atoms with Crippen LogP contribution in [0.4, 0.5) is 0 Å². The summed E-state index contributed by atoms with van der Waals surface area (Å²) in [7, 11) is 1.63. The standard InChI is InChI=1S/C12H20O3/c1-4-5-9-6-12(13)7-10(14-3)15-11(12)8(9)2/h10-11,13H,4-7H2,1-3H3/t10-,11+,12-/m0/s1. The van der Waals surface area contributed by atoms with Crippen LogP contribution in [0.15, 0.2) is 11.1 Å². The molecule has 1 heterocycles. The number of hydrogen-bond donors (Lipinski definition) is 1. The molecule has 0 saturated carbocycles. The molecule has 3 heteroatoms. The molecule has 1 saturated heterocycles. The van der Waals surface area contributed by atoms with Crippen molar-refractivity contribution in [2.24, 2.45) is 0 Å². The van der Waals surface area contributed by atoms with Gasteiger partial charge < -0.3 is 14.6 Å². The molecule has 1 N–H and O–H groups in total. The van der Waals surface area contributed by atoms with E-state index in [1.54, 1.807) is 7.11 Å². The fourth-order valence-corrected chi connectivity index (χ4v) is 2.81. The Bertz CT molecular complexity index is 285. The maximum Gasteiger partial charge on any atom is 0.161 e.